The smallest absolute Gasteiger partial charge is 0.340 e. The number of hydrogen-bond donors (Lipinski definition) is 0. The summed E-state index contributed by atoms with van der Waals surface area (Å²) in [6.07, 6.45) is 0.854. The standard InChI is InChI=1S/C21H22F3N5O/c1-12-15-3-2-4-17(15)27-18-11-28(10-16(12)18)19(30)5-13-8-29(9-13)20-25-6-14(7-26-20)21(22,23)24/h6-7,13H,2-5,8-11H2,1H3. The van der Waals surface area contributed by atoms with Gasteiger partial charge in [-0.25, -0.2) is 9.97 Å². The third-order valence-electron chi connectivity index (χ3n) is 6.42. The van der Waals surface area contributed by atoms with Crippen LogP contribution in [-0.4, -0.2) is 38.8 Å². The summed E-state index contributed by atoms with van der Waals surface area (Å²) in [5.41, 5.74) is 5.26. The van der Waals surface area contributed by atoms with Crippen molar-refractivity contribution in [2.75, 3.05) is 18.0 Å². The first-order valence-electron chi connectivity index (χ1n) is 10.2. The van der Waals surface area contributed by atoms with Crippen LogP contribution in [-0.2, 0) is 36.9 Å². The molecule has 158 valence electrons. The Kier molecular flexibility index (Phi) is 4.44. The third-order valence-corrected chi connectivity index (χ3v) is 6.42. The Morgan fingerprint density at radius 1 is 1.10 bits per heavy atom. The fourth-order valence-corrected chi connectivity index (χ4v) is 4.70. The number of alkyl halides is 3. The molecule has 2 aliphatic heterocycles. The molecule has 0 atom stereocenters. The van der Waals surface area contributed by atoms with Crippen LogP contribution in [0.1, 0.15) is 46.5 Å². The van der Waals surface area contributed by atoms with Crippen LogP contribution < -0.4 is 4.90 Å². The largest absolute Gasteiger partial charge is 0.419 e. The number of rotatable bonds is 3. The molecule has 0 radical (unpaired) electrons. The Hall–Kier alpha value is -2.71. The predicted molar refractivity (Wildman–Crippen MR) is 103 cm³/mol. The molecule has 2 aromatic rings. The van der Waals surface area contributed by atoms with E-state index < -0.39 is 11.7 Å². The molecule has 1 amide bonds. The van der Waals surface area contributed by atoms with E-state index in [4.69, 9.17) is 4.98 Å². The average Bonchev–Trinajstić information content (AvgIpc) is 3.31. The van der Waals surface area contributed by atoms with Crippen molar-refractivity contribution in [1.82, 2.24) is 19.9 Å². The van der Waals surface area contributed by atoms with Crippen LogP contribution in [0.4, 0.5) is 19.1 Å². The highest BCUT2D eigenvalue weighted by Crippen LogP contribution is 2.34. The van der Waals surface area contributed by atoms with Gasteiger partial charge in [-0.2, -0.15) is 13.2 Å². The lowest BCUT2D eigenvalue weighted by Crippen LogP contribution is -2.49. The summed E-state index contributed by atoms with van der Waals surface area (Å²) in [6.45, 7) is 4.49. The zero-order valence-corrected chi connectivity index (χ0v) is 16.7. The molecule has 30 heavy (non-hydrogen) atoms. The number of hydrogen-bond acceptors (Lipinski definition) is 5. The molecule has 2 aromatic heterocycles. The van der Waals surface area contributed by atoms with Crippen molar-refractivity contribution in [3.05, 3.63) is 46.0 Å². The number of aromatic nitrogens is 3. The molecule has 1 fully saturated rings. The minimum Gasteiger partial charge on any atom is -0.340 e. The normalized spacial score (nSPS) is 18.4. The molecule has 1 saturated heterocycles. The predicted octanol–water partition coefficient (Wildman–Crippen LogP) is 3.06. The van der Waals surface area contributed by atoms with Crippen molar-refractivity contribution in [1.29, 1.82) is 0 Å². The number of pyridine rings is 1. The molecule has 0 unspecified atom stereocenters. The molecule has 1 aliphatic carbocycles. The van der Waals surface area contributed by atoms with Crippen molar-refractivity contribution < 1.29 is 18.0 Å². The van der Waals surface area contributed by atoms with Crippen molar-refractivity contribution in [3.8, 4) is 0 Å². The molecule has 0 saturated carbocycles. The van der Waals surface area contributed by atoms with E-state index in [1.807, 2.05) is 4.90 Å². The van der Waals surface area contributed by atoms with E-state index in [0.717, 1.165) is 37.4 Å². The van der Waals surface area contributed by atoms with Crippen molar-refractivity contribution >= 4 is 11.9 Å². The highest BCUT2D eigenvalue weighted by Gasteiger charge is 2.36. The zero-order chi connectivity index (χ0) is 21.0. The number of halogens is 3. The van der Waals surface area contributed by atoms with Crippen LogP contribution in [0.25, 0.3) is 0 Å². The van der Waals surface area contributed by atoms with Gasteiger partial charge in [0.15, 0.2) is 0 Å². The second-order valence-electron chi connectivity index (χ2n) is 8.44. The zero-order valence-electron chi connectivity index (χ0n) is 16.7. The van der Waals surface area contributed by atoms with E-state index in [2.05, 4.69) is 16.9 Å². The first-order valence-corrected chi connectivity index (χ1v) is 10.2. The van der Waals surface area contributed by atoms with E-state index >= 15 is 0 Å². The first-order chi connectivity index (χ1) is 14.3. The highest BCUT2D eigenvalue weighted by molar-refractivity contribution is 5.77. The van der Waals surface area contributed by atoms with Gasteiger partial charge in [-0.15, -0.1) is 0 Å². The lowest BCUT2D eigenvalue weighted by molar-refractivity contribution is -0.138. The van der Waals surface area contributed by atoms with Gasteiger partial charge >= 0.3 is 6.18 Å². The number of nitrogens with zero attached hydrogens (tertiary/aromatic N) is 5. The van der Waals surface area contributed by atoms with E-state index in [-0.39, 0.29) is 17.8 Å². The van der Waals surface area contributed by atoms with Crippen LogP contribution in [0.2, 0.25) is 0 Å². The summed E-state index contributed by atoms with van der Waals surface area (Å²) in [6, 6.07) is 0. The summed E-state index contributed by atoms with van der Waals surface area (Å²) < 4.78 is 37.9. The molecular formula is C21H22F3N5O. The summed E-state index contributed by atoms with van der Waals surface area (Å²) in [5.74, 6) is 0.534. The van der Waals surface area contributed by atoms with Gasteiger partial charge in [0.25, 0.3) is 0 Å². The molecule has 5 rings (SSSR count). The maximum absolute atomic E-state index is 12.8. The lowest BCUT2D eigenvalue weighted by atomic mass is 9.96. The Balaban J connectivity index is 1.17. The van der Waals surface area contributed by atoms with Crippen LogP contribution in [0.3, 0.4) is 0 Å². The number of carbonyl (C=O) groups is 1. The summed E-state index contributed by atoms with van der Waals surface area (Å²) in [7, 11) is 0. The van der Waals surface area contributed by atoms with Crippen molar-refractivity contribution in [2.24, 2.45) is 5.92 Å². The second-order valence-corrected chi connectivity index (χ2v) is 8.44. The quantitative estimate of drug-likeness (QED) is 0.768. The van der Waals surface area contributed by atoms with Gasteiger partial charge in [0.05, 0.1) is 17.8 Å². The van der Waals surface area contributed by atoms with Gasteiger partial charge < -0.3 is 9.80 Å². The fourth-order valence-electron chi connectivity index (χ4n) is 4.70. The van der Waals surface area contributed by atoms with Crippen molar-refractivity contribution in [2.45, 2.75) is 51.9 Å². The van der Waals surface area contributed by atoms with Crippen LogP contribution in [0.5, 0.6) is 0 Å². The number of aryl methyl sites for hydroxylation is 1. The number of amides is 1. The highest BCUT2D eigenvalue weighted by atomic mass is 19.4. The molecule has 0 aromatic carbocycles. The van der Waals surface area contributed by atoms with Gasteiger partial charge in [-0.1, -0.05) is 0 Å². The molecule has 0 bridgehead atoms. The number of anilines is 1. The van der Waals surface area contributed by atoms with Gasteiger partial charge in [-0.3, -0.25) is 9.78 Å². The summed E-state index contributed by atoms with van der Waals surface area (Å²) in [5, 5.41) is 0. The molecule has 4 heterocycles. The first kappa shape index (κ1) is 19.3. The molecule has 6 nitrogen and oxygen atoms in total. The van der Waals surface area contributed by atoms with E-state index in [1.54, 1.807) is 4.90 Å². The van der Waals surface area contributed by atoms with Crippen LogP contribution in [0, 0.1) is 12.8 Å². The lowest BCUT2D eigenvalue weighted by Gasteiger charge is -2.39. The Bertz CT molecular complexity index is 999. The van der Waals surface area contributed by atoms with E-state index in [0.29, 0.717) is 32.6 Å². The Labute approximate surface area is 172 Å². The minimum absolute atomic E-state index is 0.102. The molecular weight excluding hydrogens is 395 g/mol. The van der Waals surface area contributed by atoms with Crippen LogP contribution >= 0.6 is 0 Å². The average molecular weight is 417 g/mol. The summed E-state index contributed by atoms with van der Waals surface area (Å²) >= 11 is 0. The van der Waals surface area contributed by atoms with Crippen molar-refractivity contribution in [3.63, 3.8) is 0 Å². The van der Waals surface area contributed by atoms with E-state index in [9.17, 15) is 18.0 Å². The topological polar surface area (TPSA) is 62.2 Å². The van der Waals surface area contributed by atoms with Gasteiger partial charge in [0.2, 0.25) is 11.9 Å². The maximum atomic E-state index is 12.8. The minimum atomic E-state index is -4.44. The van der Waals surface area contributed by atoms with Gasteiger partial charge in [0, 0.05) is 50.1 Å². The molecule has 9 heteroatoms. The summed E-state index contributed by atoms with van der Waals surface area (Å²) in [4.78, 5) is 28.9. The fraction of sp³-hybridized carbons (Fsp3) is 0.524. The molecule has 0 spiro atoms. The Morgan fingerprint density at radius 3 is 2.53 bits per heavy atom. The molecule has 3 aliphatic rings. The van der Waals surface area contributed by atoms with Gasteiger partial charge in [-0.05, 0) is 42.9 Å². The second kappa shape index (κ2) is 6.92. The maximum Gasteiger partial charge on any atom is 0.419 e. The van der Waals surface area contributed by atoms with Crippen LogP contribution in [0.15, 0.2) is 12.4 Å². The van der Waals surface area contributed by atoms with E-state index in [1.165, 1.54) is 22.4 Å². The Morgan fingerprint density at radius 2 is 1.83 bits per heavy atom. The number of carbonyl (C=O) groups excluding carboxylic acids is 1. The molecule has 0 N–H and O–H groups in total. The monoisotopic (exact) mass is 417 g/mol. The van der Waals surface area contributed by atoms with Gasteiger partial charge in [0.1, 0.15) is 0 Å². The SMILES string of the molecule is Cc1c2c(nc3c1CN(C(=O)CC1CN(c4ncc(C(F)(F)F)cn4)C1)C3)CCC2. The third kappa shape index (κ3) is 3.30. The number of fused-ring (bicyclic) bond motifs is 2.